The topological polar surface area (TPSA) is 71.4 Å². The summed E-state index contributed by atoms with van der Waals surface area (Å²) in [6, 6.07) is 14.1. The molecule has 128 valence electrons. The van der Waals surface area contributed by atoms with Crippen LogP contribution in [0.15, 0.2) is 58.5 Å². The molecule has 0 radical (unpaired) electrons. The standard InChI is InChI=1S/C18H16ClN3O2S/c1-12-6-8-16(9-7-12)25(23,24)22-20-11-15-10-14-5-3-4-13(2)17(14)21-18(15)19/h3-11,22H,1-2H3. The van der Waals surface area contributed by atoms with Crippen molar-refractivity contribution in [2.45, 2.75) is 18.7 Å². The summed E-state index contributed by atoms with van der Waals surface area (Å²) in [5.41, 5.74) is 3.34. The predicted molar refractivity (Wildman–Crippen MR) is 101 cm³/mol. The number of benzene rings is 2. The molecule has 0 aliphatic carbocycles. The molecule has 0 aliphatic heterocycles. The van der Waals surface area contributed by atoms with Crippen molar-refractivity contribution in [2.24, 2.45) is 5.10 Å². The van der Waals surface area contributed by atoms with Gasteiger partial charge in [-0.25, -0.2) is 9.82 Å². The van der Waals surface area contributed by atoms with Crippen LogP contribution >= 0.6 is 11.6 Å². The second kappa shape index (κ2) is 6.82. The second-order valence-corrected chi connectivity index (χ2v) is 7.70. The monoisotopic (exact) mass is 373 g/mol. The first-order chi connectivity index (χ1) is 11.9. The van der Waals surface area contributed by atoms with Crippen molar-refractivity contribution in [2.75, 3.05) is 0 Å². The van der Waals surface area contributed by atoms with Crippen molar-refractivity contribution in [3.8, 4) is 0 Å². The average molecular weight is 374 g/mol. The molecule has 0 aliphatic rings. The molecule has 5 nitrogen and oxygen atoms in total. The van der Waals surface area contributed by atoms with Crippen LogP contribution in [0.25, 0.3) is 10.9 Å². The molecule has 0 fully saturated rings. The Labute approximate surface area is 151 Å². The third kappa shape index (κ3) is 3.81. The fraction of sp³-hybridized carbons (Fsp3) is 0.111. The molecule has 1 aromatic heterocycles. The smallest absolute Gasteiger partial charge is 0.235 e. The quantitative estimate of drug-likeness (QED) is 0.429. The molecule has 0 atom stereocenters. The number of fused-ring (bicyclic) bond motifs is 1. The Balaban J connectivity index is 1.86. The van der Waals surface area contributed by atoms with Gasteiger partial charge in [0.1, 0.15) is 5.15 Å². The zero-order chi connectivity index (χ0) is 18.0. The number of hydrogen-bond acceptors (Lipinski definition) is 4. The lowest BCUT2D eigenvalue weighted by Gasteiger charge is -2.05. The van der Waals surface area contributed by atoms with Crippen molar-refractivity contribution in [1.29, 1.82) is 0 Å². The highest BCUT2D eigenvalue weighted by Crippen LogP contribution is 2.21. The fourth-order valence-corrected chi connectivity index (χ4v) is 3.35. The maximum Gasteiger partial charge on any atom is 0.276 e. The number of aryl methyl sites for hydroxylation is 2. The highest BCUT2D eigenvalue weighted by atomic mass is 35.5. The number of rotatable bonds is 4. The first-order valence-electron chi connectivity index (χ1n) is 7.54. The van der Waals surface area contributed by atoms with Gasteiger partial charge in [-0.15, -0.1) is 0 Å². The minimum absolute atomic E-state index is 0.147. The SMILES string of the molecule is Cc1ccc(S(=O)(=O)NN=Cc2cc3cccc(C)c3nc2Cl)cc1. The summed E-state index contributed by atoms with van der Waals surface area (Å²) in [5.74, 6) is 0. The van der Waals surface area contributed by atoms with E-state index in [0.29, 0.717) is 5.56 Å². The normalized spacial score (nSPS) is 12.0. The van der Waals surface area contributed by atoms with E-state index in [1.165, 1.54) is 18.3 Å². The maximum atomic E-state index is 12.2. The lowest BCUT2D eigenvalue weighted by atomic mass is 10.1. The number of para-hydroxylation sites is 1. The highest BCUT2D eigenvalue weighted by Gasteiger charge is 2.12. The van der Waals surface area contributed by atoms with Crippen LogP contribution in [0.5, 0.6) is 0 Å². The number of nitrogens with zero attached hydrogens (tertiary/aromatic N) is 2. The van der Waals surface area contributed by atoms with Gasteiger partial charge in [-0.3, -0.25) is 0 Å². The van der Waals surface area contributed by atoms with E-state index in [9.17, 15) is 8.42 Å². The number of hydrogen-bond donors (Lipinski definition) is 1. The molecule has 1 N–H and O–H groups in total. The van der Waals surface area contributed by atoms with E-state index in [2.05, 4.69) is 14.9 Å². The summed E-state index contributed by atoms with van der Waals surface area (Å²) in [4.78, 5) is 6.69. The molecule has 0 bridgehead atoms. The Hall–Kier alpha value is -2.44. The Morgan fingerprint density at radius 1 is 1.12 bits per heavy atom. The molecule has 25 heavy (non-hydrogen) atoms. The van der Waals surface area contributed by atoms with Gasteiger partial charge in [0.25, 0.3) is 10.0 Å². The molecule has 7 heteroatoms. The van der Waals surface area contributed by atoms with E-state index in [0.717, 1.165) is 22.0 Å². The first-order valence-corrected chi connectivity index (χ1v) is 9.40. The number of halogens is 1. The van der Waals surface area contributed by atoms with E-state index < -0.39 is 10.0 Å². The molecule has 0 spiro atoms. The molecular formula is C18H16ClN3O2S. The summed E-state index contributed by atoms with van der Waals surface area (Å²) in [7, 11) is -3.72. The van der Waals surface area contributed by atoms with Crippen molar-refractivity contribution in [1.82, 2.24) is 9.82 Å². The summed E-state index contributed by atoms with van der Waals surface area (Å²) < 4.78 is 24.4. The Kier molecular flexibility index (Phi) is 4.74. The highest BCUT2D eigenvalue weighted by molar-refractivity contribution is 7.89. The van der Waals surface area contributed by atoms with Gasteiger partial charge in [-0.1, -0.05) is 47.5 Å². The minimum Gasteiger partial charge on any atom is -0.235 e. The van der Waals surface area contributed by atoms with Gasteiger partial charge < -0.3 is 0 Å². The molecule has 3 rings (SSSR count). The number of nitrogens with one attached hydrogen (secondary N) is 1. The molecule has 0 saturated carbocycles. The molecule has 0 unspecified atom stereocenters. The van der Waals surface area contributed by atoms with Gasteiger partial charge in [-0.2, -0.15) is 13.5 Å². The van der Waals surface area contributed by atoms with E-state index in [-0.39, 0.29) is 10.0 Å². The van der Waals surface area contributed by atoms with Crippen molar-refractivity contribution in [3.05, 3.63) is 70.4 Å². The third-order valence-corrected chi connectivity index (χ3v) is 5.28. The van der Waals surface area contributed by atoms with Gasteiger partial charge in [-0.05, 0) is 37.6 Å². The molecule has 0 amide bonds. The molecular weight excluding hydrogens is 358 g/mol. The van der Waals surface area contributed by atoms with E-state index >= 15 is 0 Å². The minimum atomic E-state index is -3.72. The lowest BCUT2D eigenvalue weighted by Crippen LogP contribution is -2.18. The van der Waals surface area contributed by atoms with Gasteiger partial charge in [0.05, 0.1) is 16.6 Å². The summed E-state index contributed by atoms with van der Waals surface area (Å²) in [5, 5.41) is 4.99. The molecule has 1 heterocycles. The number of pyridine rings is 1. The fourth-order valence-electron chi connectivity index (χ4n) is 2.37. The summed E-state index contributed by atoms with van der Waals surface area (Å²) >= 11 is 6.18. The van der Waals surface area contributed by atoms with Crippen molar-refractivity contribution < 1.29 is 8.42 Å². The van der Waals surface area contributed by atoms with Crippen molar-refractivity contribution in [3.63, 3.8) is 0 Å². The number of sulfonamides is 1. The molecule has 2 aromatic carbocycles. The summed E-state index contributed by atoms with van der Waals surface area (Å²) in [6.07, 6.45) is 1.35. The van der Waals surface area contributed by atoms with Crippen LogP contribution in [-0.2, 0) is 10.0 Å². The Bertz CT molecular complexity index is 1060. The van der Waals surface area contributed by atoms with E-state index in [1.807, 2.05) is 38.1 Å². The predicted octanol–water partition coefficient (Wildman–Crippen LogP) is 3.82. The van der Waals surface area contributed by atoms with E-state index in [1.54, 1.807) is 12.1 Å². The largest absolute Gasteiger partial charge is 0.276 e. The van der Waals surface area contributed by atoms with Crippen LogP contribution in [0, 0.1) is 13.8 Å². The van der Waals surface area contributed by atoms with Crippen molar-refractivity contribution >= 4 is 38.7 Å². The zero-order valence-corrected chi connectivity index (χ0v) is 15.3. The first kappa shape index (κ1) is 17.4. The Morgan fingerprint density at radius 2 is 1.84 bits per heavy atom. The van der Waals surface area contributed by atoms with Crippen LogP contribution in [0.2, 0.25) is 5.15 Å². The van der Waals surface area contributed by atoms with Gasteiger partial charge in [0, 0.05) is 10.9 Å². The number of aromatic nitrogens is 1. The van der Waals surface area contributed by atoms with Crippen LogP contribution in [0.3, 0.4) is 0 Å². The van der Waals surface area contributed by atoms with E-state index in [4.69, 9.17) is 11.6 Å². The van der Waals surface area contributed by atoms with Gasteiger partial charge in [0.2, 0.25) is 0 Å². The molecule has 3 aromatic rings. The summed E-state index contributed by atoms with van der Waals surface area (Å²) in [6.45, 7) is 3.84. The molecule has 0 saturated heterocycles. The van der Waals surface area contributed by atoms with Gasteiger partial charge in [0.15, 0.2) is 0 Å². The van der Waals surface area contributed by atoms with Crippen LogP contribution < -0.4 is 4.83 Å². The maximum absolute atomic E-state index is 12.2. The number of hydrazone groups is 1. The third-order valence-electron chi connectivity index (χ3n) is 3.74. The zero-order valence-electron chi connectivity index (χ0n) is 13.7. The Morgan fingerprint density at radius 3 is 2.56 bits per heavy atom. The average Bonchev–Trinajstić information content (AvgIpc) is 2.56. The second-order valence-electron chi connectivity index (χ2n) is 5.68. The lowest BCUT2D eigenvalue weighted by molar-refractivity contribution is 0.584. The van der Waals surface area contributed by atoms with Crippen LogP contribution in [0.4, 0.5) is 0 Å². The van der Waals surface area contributed by atoms with Gasteiger partial charge >= 0.3 is 0 Å². The van der Waals surface area contributed by atoms with Crippen LogP contribution in [-0.4, -0.2) is 19.6 Å². The van der Waals surface area contributed by atoms with Crippen LogP contribution in [0.1, 0.15) is 16.7 Å².